The van der Waals surface area contributed by atoms with Crippen LogP contribution in [0.25, 0.3) is 11.1 Å². The van der Waals surface area contributed by atoms with E-state index in [0.717, 1.165) is 14.6 Å². The molecule has 0 radical (unpaired) electrons. The van der Waals surface area contributed by atoms with Crippen LogP contribution in [0.4, 0.5) is 0 Å². The largest absolute Gasteiger partial charge is 0.249 e. The van der Waals surface area contributed by atoms with Crippen molar-refractivity contribution in [3.8, 4) is 11.1 Å². The molecule has 0 saturated carbocycles. The summed E-state index contributed by atoms with van der Waals surface area (Å²) in [5.74, 6) is 0. The molecule has 0 fully saturated rings. The molecule has 1 aromatic heterocycles. The van der Waals surface area contributed by atoms with Crippen molar-refractivity contribution >= 4 is 31.9 Å². The molecule has 0 bridgehead atoms. The van der Waals surface area contributed by atoms with E-state index in [0.29, 0.717) is 0 Å². The molecule has 0 aliphatic heterocycles. The van der Waals surface area contributed by atoms with Crippen LogP contribution in [0.1, 0.15) is 5.56 Å². The number of hydrogen-bond donors (Lipinski definition) is 0. The Balaban J connectivity index is 2.49. The van der Waals surface area contributed by atoms with Crippen molar-refractivity contribution in [2.45, 2.75) is 6.92 Å². The van der Waals surface area contributed by atoms with Gasteiger partial charge in [0.15, 0.2) is 0 Å². The minimum atomic E-state index is 0.862. The van der Waals surface area contributed by atoms with Gasteiger partial charge in [0.1, 0.15) is 4.60 Å². The first-order valence-corrected chi connectivity index (χ1v) is 6.13. The van der Waals surface area contributed by atoms with E-state index in [2.05, 4.69) is 62.0 Å². The van der Waals surface area contributed by atoms with E-state index >= 15 is 0 Å². The Morgan fingerprint density at radius 2 is 1.87 bits per heavy atom. The lowest BCUT2D eigenvalue weighted by atomic mass is 10.0. The van der Waals surface area contributed by atoms with Gasteiger partial charge in [0.2, 0.25) is 0 Å². The van der Waals surface area contributed by atoms with E-state index in [1.165, 1.54) is 11.1 Å². The van der Waals surface area contributed by atoms with Crippen LogP contribution in [0, 0.1) is 6.92 Å². The van der Waals surface area contributed by atoms with Gasteiger partial charge in [-0.2, -0.15) is 0 Å². The van der Waals surface area contributed by atoms with Crippen LogP contribution in [-0.2, 0) is 0 Å². The molecule has 0 aliphatic carbocycles. The summed E-state index contributed by atoms with van der Waals surface area (Å²) in [6.07, 6.45) is 1.88. The molecular weight excluding hydrogens is 318 g/mol. The first-order chi connectivity index (χ1) is 7.16. The number of pyridine rings is 1. The third-order valence-electron chi connectivity index (χ3n) is 2.23. The Bertz CT molecular complexity index is 477. The van der Waals surface area contributed by atoms with Crippen molar-refractivity contribution in [3.05, 3.63) is 51.2 Å². The molecule has 0 unspecified atom stereocenters. The highest BCUT2D eigenvalue weighted by Gasteiger charge is 2.02. The van der Waals surface area contributed by atoms with Gasteiger partial charge in [-0.3, -0.25) is 0 Å². The van der Waals surface area contributed by atoms with Crippen LogP contribution in [-0.4, -0.2) is 4.98 Å². The minimum Gasteiger partial charge on any atom is -0.249 e. The van der Waals surface area contributed by atoms with Crippen LogP contribution < -0.4 is 0 Å². The van der Waals surface area contributed by atoms with E-state index in [1.807, 2.05) is 18.3 Å². The Morgan fingerprint density at radius 1 is 1.07 bits per heavy atom. The summed E-state index contributed by atoms with van der Waals surface area (Å²) in [5, 5.41) is 0. The van der Waals surface area contributed by atoms with E-state index in [4.69, 9.17) is 0 Å². The molecule has 0 N–H and O–H groups in total. The summed E-state index contributed by atoms with van der Waals surface area (Å²) in [5.41, 5.74) is 3.61. The Labute approximate surface area is 106 Å². The highest BCUT2D eigenvalue weighted by molar-refractivity contribution is 9.10. The standard InChI is InChI=1S/C12H9Br2N/c1-8-6-10(13)3-4-11(8)9-2-5-12(14)15-7-9/h2-7H,1H3. The molecule has 0 amide bonds. The third-order valence-corrected chi connectivity index (χ3v) is 3.19. The smallest absolute Gasteiger partial charge is 0.106 e. The fraction of sp³-hybridized carbons (Fsp3) is 0.0833. The van der Waals surface area contributed by atoms with Crippen molar-refractivity contribution in [2.75, 3.05) is 0 Å². The molecule has 0 aliphatic rings. The van der Waals surface area contributed by atoms with Crippen LogP contribution in [0.3, 0.4) is 0 Å². The second-order valence-electron chi connectivity index (χ2n) is 3.33. The summed E-state index contributed by atoms with van der Waals surface area (Å²) >= 11 is 6.79. The van der Waals surface area contributed by atoms with Gasteiger partial charge in [0, 0.05) is 16.2 Å². The molecule has 3 heteroatoms. The zero-order valence-corrected chi connectivity index (χ0v) is 11.3. The number of nitrogens with zero attached hydrogens (tertiary/aromatic N) is 1. The van der Waals surface area contributed by atoms with Crippen molar-refractivity contribution < 1.29 is 0 Å². The highest BCUT2D eigenvalue weighted by atomic mass is 79.9. The first kappa shape index (κ1) is 10.8. The Kier molecular flexibility index (Phi) is 3.22. The Hall–Kier alpha value is -0.670. The maximum Gasteiger partial charge on any atom is 0.106 e. The number of halogens is 2. The first-order valence-electron chi connectivity index (χ1n) is 4.55. The molecule has 0 saturated heterocycles. The van der Waals surface area contributed by atoms with Gasteiger partial charge in [-0.25, -0.2) is 4.98 Å². The Morgan fingerprint density at radius 3 is 2.47 bits per heavy atom. The molecule has 1 aromatic carbocycles. The number of rotatable bonds is 1. The zero-order chi connectivity index (χ0) is 10.8. The average Bonchev–Trinajstić information content (AvgIpc) is 2.20. The predicted octanol–water partition coefficient (Wildman–Crippen LogP) is 4.58. The number of benzene rings is 1. The lowest BCUT2D eigenvalue weighted by Crippen LogP contribution is -1.84. The number of aryl methyl sites for hydroxylation is 1. The van der Waals surface area contributed by atoms with Crippen LogP contribution in [0.5, 0.6) is 0 Å². The van der Waals surface area contributed by atoms with Crippen molar-refractivity contribution in [1.29, 1.82) is 0 Å². The van der Waals surface area contributed by atoms with Gasteiger partial charge in [-0.15, -0.1) is 0 Å². The number of aromatic nitrogens is 1. The molecule has 0 atom stereocenters. The van der Waals surface area contributed by atoms with Crippen LogP contribution in [0.2, 0.25) is 0 Å². The fourth-order valence-electron chi connectivity index (χ4n) is 1.49. The molecule has 1 nitrogen and oxygen atoms in total. The monoisotopic (exact) mass is 325 g/mol. The topological polar surface area (TPSA) is 12.9 Å². The molecule has 0 spiro atoms. The second-order valence-corrected chi connectivity index (χ2v) is 5.06. The lowest BCUT2D eigenvalue weighted by Gasteiger charge is -2.05. The quantitative estimate of drug-likeness (QED) is 0.699. The predicted molar refractivity (Wildman–Crippen MR) is 69.8 cm³/mol. The van der Waals surface area contributed by atoms with Crippen molar-refractivity contribution in [2.24, 2.45) is 0 Å². The minimum absolute atomic E-state index is 0.862. The summed E-state index contributed by atoms with van der Waals surface area (Å²) in [6, 6.07) is 10.3. The lowest BCUT2D eigenvalue weighted by molar-refractivity contribution is 1.27. The van der Waals surface area contributed by atoms with E-state index in [9.17, 15) is 0 Å². The average molecular weight is 327 g/mol. The zero-order valence-electron chi connectivity index (χ0n) is 8.17. The van der Waals surface area contributed by atoms with Gasteiger partial charge in [-0.1, -0.05) is 28.1 Å². The number of hydrogen-bond acceptors (Lipinski definition) is 1. The highest BCUT2D eigenvalue weighted by Crippen LogP contribution is 2.26. The summed E-state index contributed by atoms with van der Waals surface area (Å²) in [6.45, 7) is 2.10. The van der Waals surface area contributed by atoms with Gasteiger partial charge >= 0.3 is 0 Å². The molecule has 2 aromatic rings. The normalized spacial score (nSPS) is 10.3. The van der Waals surface area contributed by atoms with E-state index in [-0.39, 0.29) is 0 Å². The second kappa shape index (κ2) is 4.45. The maximum atomic E-state index is 4.22. The van der Waals surface area contributed by atoms with Crippen LogP contribution >= 0.6 is 31.9 Å². The van der Waals surface area contributed by atoms with Crippen molar-refractivity contribution in [3.63, 3.8) is 0 Å². The maximum absolute atomic E-state index is 4.22. The van der Waals surface area contributed by atoms with Gasteiger partial charge in [-0.05, 0) is 52.2 Å². The molecule has 2 rings (SSSR count). The molecule has 15 heavy (non-hydrogen) atoms. The van der Waals surface area contributed by atoms with E-state index in [1.54, 1.807) is 0 Å². The SMILES string of the molecule is Cc1cc(Br)ccc1-c1ccc(Br)nc1. The summed E-state index contributed by atoms with van der Waals surface area (Å²) in [4.78, 5) is 4.22. The van der Waals surface area contributed by atoms with Gasteiger partial charge in [0.25, 0.3) is 0 Å². The van der Waals surface area contributed by atoms with Crippen LogP contribution in [0.15, 0.2) is 45.6 Å². The van der Waals surface area contributed by atoms with Gasteiger partial charge in [0.05, 0.1) is 0 Å². The summed E-state index contributed by atoms with van der Waals surface area (Å²) in [7, 11) is 0. The van der Waals surface area contributed by atoms with Gasteiger partial charge < -0.3 is 0 Å². The molecule has 76 valence electrons. The molecular formula is C12H9Br2N. The third kappa shape index (κ3) is 2.47. The van der Waals surface area contributed by atoms with E-state index < -0.39 is 0 Å². The fourth-order valence-corrected chi connectivity index (χ4v) is 2.20. The molecule has 1 heterocycles. The van der Waals surface area contributed by atoms with Crippen molar-refractivity contribution in [1.82, 2.24) is 4.98 Å². The summed E-state index contributed by atoms with van der Waals surface area (Å²) < 4.78 is 1.97.